The molecule has 22 heavy (non-hydrogen) atoms. The molecule has 1 aromatic rings. The van der Waals surface area contributed by atoms with Gasteiger partial charge < -0.3 is 9.80 Å². The Balaban J connectivity index is 1.53. The molecule has 2 heterocycles. The largest absolute Gasteiger partial charge is 0.342 e. The van der Waals surface area contributed by atoms with E-state index in [0.717, 1.165) is 31.5 Å². The number of nitrogens with zero attached hydrogens (tertiary/aromatic N) is 2. The van der Waals surface area contributed by atoms with Crippen LogP contribution in [0.15, 0.2) is 24.3 Å². The summed E-state index contributed by atoms with van der Waals surface area (Å²) in [6.07, 6.45) is 3.16. The lowest BCUT2D eigenvalue weighted by Crippen LogP contribution is -2.35. The highest BCUT2D eigenvalue weighted by Gasteiger charge is 2.36. The maximum Gasteiger partial charge on any atom is 0.227 e. The minimum absolute atomic E-state index is 0.0552. The summed E-state index contributed by atoms with van der Waals surface area (Å²) in [5, 5.41) is 0. The van der Waals surface area contributed by atoms with Crippen molar-refractivity contribution in [3.05, 3.63) is 35.6 Å². The number of carbonyl (C=O) groups excluding carboxylic acids is 2. The monoisotopic (exact) mass is 304 g/mol. The van der Waals surface area contributed by atoms with Crippen LogP contribution in [0.25, 0.3) is 0 Å². The van der Waals surface area contributed by atoms with Crippen LogP contribution >= 0.6 is 0 Å². The van der Waals surface area contributed by atoms with Crippen LogP contribution in [-0.4, -0.2) is 47.8 Å². The van der Waals surface area contributed by atoms with Gasteiger partial charge in [-0.15, -0.1) is 0 Å². The molecule has 0 radical (unpaired) electrons. The van der Waals surface area contributed by atoms with E-state index in [1.165, 1.54) is 12.1 Å². The zero-order valence-corrected chi connectivity index (χ0v) is 12.6. The number of likely N-dealkylation sites (tertiary alicyclic amines) is 2. The van der Waals surface area contributed by atoms with Gasteiger partial charge in [-0.05, 0) is 37.0 Å². The summed E-state index contributed by atoms with van der Waals surface area (Å²) < 4.78 is 12.9. The van der Waals surface area contributed by atoms with E-state index < -0.39 is 0 Å². The molecule has 0 unspecified atom stereocenters. The van der Waals surface area contributed by atoms with Crippen LogP contribution in [0.4, 0.5) is 4.39 Å². The van der Waals surface area contributed by atoms with Crippen molar-refractivity contribution >= 4 is 11.8 Å². The molecule has 3 rings (SSSR count). The van der Waals surface area contributed by atoms with Crippen molar-refractivity contribution in [2.45, 2.75) is 25.7 Å². The summed E-state index contributed by atoms with van der Waals surface area (Å²) in [5.74, 6) is -0.245. The third-order valence-electron chi connectivity index (χ3n) is 4.57. The second-order valence-corrected chi connectivity index (χ2v) is 6.15. The van der Waals surface area contributed by atoms with Gasteiger partial charge in [0.15, 0.2) is 0 Å². The molecule has 2 aliphatic heterocycles. The average Bonchev–Trinajstić information content (AvgIpc) is 3.16. The Morgan fingerprint density at radius 2 is 1.86 bits per heavy atom. The Morgan fingerprint density at radius 1 is 1.18 bits per heavy atom. The first-order chi connectivity index (χ1) is 10.6. The maximum atomic E-state index is 12.9. The minimum Gasteiger partial charge on any atom is -0.342 e. The van der Waals surface area contributed by atoms with Gasteiger partial charge >= 0.3 is 0 Å². The van der Waals surface area contributed by atoms with Crippen LogP contribution in [0, 0.1) is 11.7 Å². The van der Waals surface area contributed by atoms with Crippen molar-refractivity contribution in [3.8, 4) is 0 Å². The molecular formula is C17H21FN2O2. The first-order valence-corrected chi connectivity index (χ1v) is 7.94. The standard InChI is InChI=1S/C17H21FN2O2/c18-15-5-3-13(4-6-15)7-10-20-12-14(11-16(20)21)17(22)19-8-1-2-9-19/h3-6,14H,1-2,7-12H2/t14-/m0/s1. The molecule has 5 heteroatoms. The molecule has 2 fully saturated rings. The van der Waals surface area contributed by atoms with Crippen LogP contribution in [0.1, 0.15) is 24.8 Å². The lowest BCUT2D eigenvalue weighted by Gasteiger charge is -2.20. The molecule has 0 aliphatic carbocycles. The molecule has 2 amide bonds. The van der Waals surface area contributed by atoms with Gasteiger partial charge in [-0.25, -0.2) is 4.39 Å². The van der Waals surface area contributed by atoms with Gasteiger partial charge in [0, 0.05) is 32.6 Å². The number of rotatable bonds is 4. The Bertz CT molecular complexity index is 552. The van der Waals surface area contributed by atoms with Crippen LogP contribution in [-0.2, 0) is 16.0 Å². The fraction of sp³-hybridized carbons (Fsp3) is 0.529. The van der Waals surface area contributed by atoms with E-state index in [0.29, 0.717) is 25.9 Å². The highest BCUT2D eigenvalue weighted by atomic mass is 19.1. The highest BCUT2D eigenvalue weighted by Crippen LogP contribution is 2.22. The molecule has 2 aliphatic rings. The van der Waals surface area contributed by atoms with Crippen molar-refractivity contribution in [1.82, 2.24) is 9.80 Å². The number of carbonyl (C=O) groups is 2. The molecule has 1 aromatic carbocycles. The van der Waals surface area contributed by atoms with E-state index >= 15 is 0 Å². The average molecular weight is 304 g/mol. The lowest BCUT2D eigenvalue weighted by atomic mass is 10.1. The molecule has 0 aromatic heterocycles. The summed E-state index contributed by atoms with van der Waals surface area (Å²) in [5.41, 5.74) is 1.00. The molecular weight excluding hydrogens is 283 g/mol. The number of amides is 2. The van der Waals surface area contributed by atoms with E-state index in [-0.39, 0.29) is 23.5 Å². The lowest BCUT2D eigenvalue weighted by molar-refractivity contribution is -0.134. The quantitative estimate of drug-likeness (QED) is 0.851. The molecule has 0 saturated carbocycles. The molecule has 118 valence electrons. The summed E-state index contributed by atoms with van der Waals surface area (Å²) in [6, 6.07) is 6.34. The number of benzene rings is 1. The van der Waals surface area contributed by atoms with E-state index in [9.17, 15) is 14.0 Å². The van der Waals surface area contributed by atoms with Gasteiger partial charge in [-0.2, -0.15) is 0 Å². The van der Waals surface area contributed by atoms with Crippen LogP contribution < -0.4 is 0 Å². The normalized spacial score (nSPS) is 21.7. The number of hydrogen-bond acceptors (Lipinski definition) is 2. The van der Waals surface area contributed by atoms with Gasteiger partial charge in [0.05, 0.1) is 5.92 Å². The predicted octanol–water partition coefficient (Wildman–Crippen LogP) is 1.84. The van der Waals surface area contributed by atoms with Crippen molar-refractivity contribution < 1.29 is 14.0 Å². The minimum atomic E-state index is -0.253. The molecule has 0 N–H and O–H groups in total. The Kier molecular flexibility index (Phi) is 4.41. The zero-order valence-electron chi connectivity index (χ0n) is 12.6. The summed E-state index contributed by atoms with van der Waals surface area (Å²) in [4.78, 5) is 28.1. The summed E-state index contributed by atoms with van der Waals surface area (Å²) >= 11 is 0. The summed E-state index contributed by atoms with van der Waals surface area (Å²) in [7, 11) is 0. The van der Waals surface area contributed by atoms with Gasteiger partial charge in [-0.1, -0.05) is 12.1 Å². The maximum absolute atomic E-state index is 12.9. The Hall–Kier alpha value is -1.91. The topological polar surface area (TPSA) is 40.6 Å². The molecule has 4 nitrogen and oxygen atoms in total. The van der Waals surface area contributed by atoms with E-state index in [1.54, 1.807) is 17.0 Å². The van der Waals surface area contributed by atoms with Gasteiger partial charge in [0.2, 0.25) is 11.8 Å². The van der Waals surface area contributed by atoms with Crippen molar-refractivity contribution in [1.29, 1.82) is 0 Å². The smallest absolute Gasteiger partial charge is 0.227 e. The molecule has 1 atom stereocenters. The van der Waals surface area contributed by atoms with Crippen LogP contribution in [0.3, 0.4) is 0 Å². The van der Waals surface area contributed by atoms with Crippen LogP contribution in [0.2, 0.25) is 0 Å². The second kappa shape index (κ2) is 6.46. The second-order valence-electron chi connectivity index (χ2n) is 6.15. The Morgan fingerprint density at radius 3 is 2.55 bits per heavy atom. The van der Waals surface area contributed by atoms with E-state index in [4.69, 9.17) is 0 Å². The number of hydrogen-bond donors (Lipinski definition) is 0. The van der Waals surface area contributed by atoms with Gasteiger partial charge in [0.1, 0.15) is 5.82 Å². The molecule has 2 saturated heterocycles. The van der Waals surface area contributed by atoms with Crippen molar-refractivity contribution in [2.75, 3.05) is 26.2 Å². The molecule has 0 spiro atoms. The van der Waals surface area contributed by atoms with E-state index in [2.05, 4.69) is 0 Å². The van der Waals surface area contributed by atoms with Crippen LogP contribution in [0.5, 0.6) is 0 Å². The Labute approximate surface area is 129 Å². The SMILES string of the molecule is O=C1C[C@H](C(=O)N2CCCC2)CN1CCc1ccc(F)cc1. The van der Waals surface area contributed by atoms with Gasteiger partial charge in [0.25, 0.3) is 0 Å². The molecule has 0 bridgehead atoms. The first kappa shape index (κ1) is 15.0. The predicted molar refractivity (Wildman–Crippen MR) is 80.6 cm³/mol. The first-order valence-electron chi connectivity index (χ1n) is 7.94. The number of halogens is 1. The third-order valence-corrected chi connectivity index (χ3v) is 4.57. The van der Waals surface area contributed by atoms with E-state index in [1.807, 2.05) is 4.90 Å². The summed E-state index contributed by atoms with van der Waals surface area (Å²) in [6.45, 7) is 2.78. The van der Waals surface area contributed by atoms with Crippen molar-refractivity contribution in [2.24, 2.45) is 5.92 Å². The van der Waals surface area contributed by atoms with Gasteiger partial charge in [-0.3, -0.25) is 9.59 Å². The third kappa shape index (κ3) is 3.29. The highest BCUT2D eigenvalue weighted by molar-refractivity contribution is 5.89. The zero-order chi connectivity index (χ0) is 15.5. The van der Waals surface area contributed by atoms with Crippen molar-refractivity contribution in [3.63, 3.8) is 0 Å². The fourth-order valence-corrected chi connectivity index (χ4v) is 3.26. The fourth-order valence-electron chi connectivity index (χ4n) is 3.26.